The number of hydrogen-bond donors (Lipinski definition) is 1. The summed E-state index contributed by atoms with van der Waals surface area (Å²) >= 11 is 5.31. The van der Waals surface area contributed by atoms with Gasteiger partial charge in [-0.05, 0) is 52.9 Å². The van der Waals surface area contributed by atoms with E-state index in [-0.39, 0.29) is 11.9 Å². The maximum atomic E-state index is 12.0. The van der Waals surface area contributed by atoms with E-state index >= 15 is 0 Å². The Morgan fingerprint density at radius 3 is 2.81 bits per heavy atom. The maximum absolute atomic E-state index is 12.0. The molecular formula is C16H17BrN2OS. The molecule has 21 heavy (non-hydrogen) atoms. The van der Waals surface area contributed by atoms with Crippen LogP contribution in [0.3, 0.4) is 0 Å². The number of nitrogens with zero attached hydrogens (tertiary/aromatic N) is 1. The van der Waals surface area contributed by atoms with Crippen LogP contribution in [0.4, 0.5) is 11.4 Å². The summed E-state index contributed by atoms with van der Waals surface area (Å²) in [6, 6.07) is 10.3. The zero-order chi connectivity index (χ0) is 14.8. The topological polar surface area (TPSA) is 32.3 Å². The highest BCUT2D eigenvalue weighted by molar-refractivity contribution is 9.10. The molecule has 110 valence electrons. The van der Waals surface area contributed by atoms with Gasteiger partial charge in [-0.2, -0.15) is 0 Å². The van der Waals surface area contributed by atoms with Crippen molar-refractivity contribution in [1.82, 2.24) is 0 Å². The largest absolute Gasteiger partial charge is 0.376 e. The molecule has 1 amide bonds. The Hall–Kier alpha value is -1.33. The molecule has 1 aliphatic heterocycles. The van der Waals surface area contributed by atoms with E-state index in [0.717, 1.165) is 28.8 Å². The molecule has 0 bridgehead atoms. The highest BCUT2D eigenvalue weighted by Crippen LogP contribution is 2.35. The van der Waals surface area contributed by atoms with Crippen molar-refractivity contribution in [3.8, 4) is 0 Å². The first-order valence-electron chi connectivity index (χ1n) is 7.05. The standard InChI is InChI=1S/C16H17BrN2OS/c1-11(16-12(17)8-10-21-16)18-13-5-2-3-6-14(13)19-9-4-7-15(19)20/h2-3,5-6,8,10-11,18H,4,7,9H2,1H3. The second-order valence-electron chi connectivity index (χ2n) is 5.16. The number of nitrogens with one attached hydrogen (secondary N) is 1. The molecule has 3 rings (SSSR count). The van der Waals surface area contributed by atoms with E-state index in [1.165, 1.54) is 4.88 Å². The minimum atomic E-state index is 0.193. The summed E-state index contributed by atoms with van der Waals surface area (Å²) in [5.41, 5.74) is 2.00. The Labute approximate surface area is 137 Å². The van der Waals surface area contributed by atoms with Gasteiger partial charge in [0.2, 0.25) is 5.91 Å². The molecule has 3 nitrogen and oxygen atoms in total. The molecule has 1 atom stereocenters. The predicted octanol–water partition coefficient (Wildman–Crippen LogP) is 4.81. The van der Waals surface area contributed by atoms with Gasteiger partial charge >= 0.3 is 0 Å². The Kier molecular flexibility index (Phi) is 4.31. The van der Waals surface area contributed by atoms with Crippen molar-refractivity contribution in [1.29, 1.82) is 0 Å². The van der Waals surface area contributed by atoms with E-state index in [4.69, 9.17) is 0 Å². The molecule has 1 saturated heterocycles. The van der Waals surface area contributed by atoms with E-state index in [1.807, 2.05) is 29.2 Å². The van der Waals surface area contributed by atoms with Crippen LogP contribution in [-0.2, 0) is 4.79 Å². The van der Waals surface area contributed by atoms with Gasteiger partial charge in [-0.15, -0.1) is 11.3 Å². The average molecular weight is 365 g/mol. The van der Waals surface area contributed by atoms with Gasteiger partial charge in [0.15, 0.2) is 0 Å². The van der Waals surface area contributed by atoms with Crippen molar-refractivity contribution >= 4 is 44.5 Å². The molecular weight excluding hydrogens is 348 g/mol. The quantitative estimate of drug-likeness (QED) is 0.843. The second-order valence-corrected chi connectivity index (χ2v) is 6.97. The third kappa shape index (κ3) is 2.99. The summed E-state index contributed by atoms with van der Waals surface area (Å²) in [6.45, 7) is 2.95. The summed E-state index contributed by atoms with van der Waals surface area (Å²) in [4.78, 5) is 15.1. The lowest BCUT2D eigenvalue weighted by Gasteiger charge is -2.23. The lowest BCUT2D eigenvalue weighted by Crippen LogP contribution is -2.25. The van der Waals surface area contributed by atoms with E-state index in [1.54, 1.807) is 11.3 Å². The van der Waals surface area contributed by atoms with E-state index in [9.17, 15) is 4.79 Å². The van der Waals surface area contributed by atoms with Crippen LogP contribution >= 0.6 is 27.3 Å². The molecule has 1 aromatic carbocycles. The fourth-order valence-electron chi connectivity index (χ4n) is 2.65. The first-order chi connectivity index (χ1) is 10.2. The van der Waals surface area contributed by atoms with Crippen molar-refractivity contribution in [2.45, 2.75) is 25.8 Å². The van der Waals surface area contributed by atoms with Crippen LogP contribution < -0.4 is 10.2 Å². The van der Waals surface area contributed by atoms with Gasteiger partial charge in [0.25, 0.3) is 0 Å². The van der Waals surface area contributed by atoms with Gasteiger partial charge < -0.3 is 10.2 Å². The molecule has 0 radical (unpaired) electrons. The third-order valence-corrected chi connectivity index (χ3v) is 5.73. The van der Waals surface area contributed by atoms with Crippen LogP contribution in [-0.4, -0.2) is 12.5 Å². The van der Waals surface area contributed by atoms with E-state index in [2.05, 4.69) is 39.6 Å². The molecule has 0 aliphatic carbocycles. The van der Waals surface area contributed by atoms with Crippen LogP contribution in [0.15, 0.2) is 40.2 Å². The molecule has 2 heterocycles. The number of rotatable bonds is 4. The Morgan fingerprint density at radius 2 is 2.14 bits per heavy atom. The Morgan fingerprint density at radius 1 is 1.33 bits per heavy atom. The Balaban J connectivity index is 1.86. The first kappa shape index (κ1) is 14.6. The number of halogens is 1. The van der Waals surface area contributed by atoms with Crippen LogP contribution in [0.1, 0.15) is 30.7 Å². The fraction of sp³-hybridized carbons (Fsp3) is 0.312. The van der Waals surface area contributed by atoms with Gasteiger partial charge in [0.05, 0.1) is 17.4 Å². The molecule has 0 saturated carbocycles. The fourth-order valence-corrected chi connectivity index (χ4v) is 4.37. The number of carbonyl (C=O) groups is 1. The normalized spacial score (nSPS) is 16.3. The number of carbonyl (C=O) groups excluding carboxylic acids is 1. The molecule has 1 aliphatic rings. The number of amides is 1. The van der Waals surface area contributed by atoms with Gasteiger partial charge in [-0.25, -0.2) is 0 Å². The smallest absolute Gasteiger partial charge is 0.227 e. The summed E-state index contributed by atoms with van der Waals surface area (Å²) < 4.78 is 1.13. The molecule has 5 heteroatoms. The van der Waals surface area contributed by atoms with Gasteiger partial charge in [-0.1, -0.05) is 12.1 Å². The van der Waals surface area contributed by atoms with Crippen molar-refractivity contribution in [2.24, 2.45) is 0 Å². The second kappa shape index (κ2) is 6.20. The lowest BCUT2D eigenvalue weighted by atomic mass is 10.2. The van der Waals surface area contributed by atoms with Crippen molar-refractivity contribution in [3.63, 3.8) is 0 Å². The number of benzene rings is 1. The number of thiophene rings is 1. The van der Waals surface area contributed by atoms with Crippen LogP contribution in [0.25, 0.3) is 0 Å². The highest BCUT2D eigenvalue weighted by Gasteiger charge is 2.24. The monoisotopic (exact) mass is 364 g/mol. The Bertz CT molecular complexity index is 655. The average Bonchev–Trinajstić information content (AvgIpc) is 3.08. The van der Waals surface area contributed by atoms with Crippen molar-refractivity contribution in [2.75, 3.05) is 16.8 Å². The first-order valence-corrected chi connectivity index (χ1v) is 8.73. The SMILES string of the molecule is CC(Nc1ccccc1N1CCCC1=O)c1sccc1Br. The minimum Gasteiger partial charge on any atom is -0.376 e. The third-order valence-electron chi connectivity index (χ3n) is 3.68. The van der Waals surface area contributed by atoms with Crippen molar-refractivity contribution < 1.29 is 4.79 Å². The van der Waals surface area contributed by atoms with Gasteiger partial charge in [-0.3, -0.25) is 4.79 Å². The van der Waals surface area contributed by atoms with Crippen LogP contribution in [0.5, 0.6) is 0 Å². The molecule has 1 unspecified atom stereocenters. The highest BCUT2D eigenvalue weighted by atomic mass is 79.9. The summed E-state index contributed by atoms with van der Waals surface area (Å²) in [6.07, 6.45) is 1.60. The van der Waals surface area contributed by atoms with Crippen molar-refractivity contribution in [3.05, 3.63) is 45.1 Å². The predicted molar refractivity (Wildman–Crippen MR) is 92.1 cm³/mol. The molecule has 0 spiro atoms. The summed E-state index contributed by atoms with van der Waals surface area (Å²) in [5.74, 6) is 0.217. The molecule has 1 fully saturated rings. The summed E-state index contributed by atoms with van der Waals surface area (Å²) in [5, 5.41) is 5.61. The van der Waals surface area contributed by atoms with E-state index in [0.29, 0.717) is 6.42 Å². The molecule has 1 N–H and O–H groups in total. The molecule has 2 aromatic rings. The molecule has 1 aromatic heterocycles. The minimum absolute atomic E-state index is 0.193. The number of hydrogen-bond acceptors (Lipinski definition) is 3. The number of anilines is 2. The summed E-state index contributed by atoms with van der Waals surface area (Å²) in [7, 11) is 0. The van der Waals surface area contributed by atoms with Crippen LogP contribution in [0.2, 0.25) is 0 Å². The maximum Gasteiger partial charge on any atom is 0.227 e. The van der Waals surface area contributed by atoms with Gasteiger partial charge in [0.1, 0.15) is 0 Å². The zero-order valence-corrected chi connectivity index (χ0v) is 14.2. The zero-order valence-electron chi connectivity index (χ0n) is 11.8. The van der Waals surface area contributed by atoms with Crippen LogP contribution in [0, 0.1) is 0 Å². The number of para-hydroxylation sites is 2. The van der Waals surface area contributed by atoms with Gasteiger partial charge in [0, 0.05) is 22.3 Å². The lowest BCUT2D eigenvalue weighted by molar-refractivity contribution is -0.117. The van der Waals surface area contributed by atoms with E-state index < -0.39 is 0 Å².